The van der Waals surface area contributed by atoms with Crippen molar-refractivity contribution in [2.75, 3.05) is 11.4 Å². The highest BCUT2D eigenvalue weighted by Gasteiger charge is 2.35. The molecule has 0 aromatic heterocycles. The van der Waals surface area contributed by atoms with Crippen molar-refractivity contribution in [1.29, 1.82) is 0 Å². The van der Waals surface area contributed by atoms with Gasteiger partial charge in [-0.1, -0.05) is 69.0 Å². The molecule has 0 N–H and O–H groups in total. The molecule has 1 aliphatic carbocycles. The Labute approximate surface area is 178 Å². The Balaban J connectivity index is 1.55. The molecule has 0 amide bonds. The predicted octanol–water partition coefficient (Wildman–Crippen LogP) is 6.46. The number of carbonyl (C=O) groups is 1. The third-order valence-corrected chi connectivity index (χ3v) is 6.44. The third-order valence-electron chi connectivity index (χ3n) is 6.44. The van der Waals surface area contributed by atoms with Crippen LogP contribution < -0.4 is 4.90 Å². The molecule has 0 unspecified atom stereocenters. The molecule has 0 bridgehead atoms. The molecular formula is C28H25NO. The number of nitrogens with zero attached hydrogens (tertiary/aromatic N) is 1. The summed E-state index contributed by atoms with van der Waals surface area (Å²) in [7, 11) is 0. The van der Waals surface area contributed by atoms with Gasteiger partial charge in [-0.15, -0.1) is 0 Å². The Hall–Kier alpha value is -3.39. The highest BCUT2D eigenvalue weighted by Crippen LogP contribution is 2.50. The average molecular weight is 392 g/mol. The predicted molar refractivity (Wildman–Crippen MR) is 125 cm³/mol. The first kappa shape index (κ1) is 18.6. The summed E-state index contributed by atoms with van der Waals surface area (Å²) in [6.45, 7) is 9.29. The second-order valence-electron chi connectivity index (χ2n) is 8.76. The lowest BCUT2D eigenvalue weighted by Gasteiger charge is -2.30. The van der Waals surface area contributed by atoms with Crippen LogP contribution in [0.1, 0.15) is 36.1 Å². The fourth-order valence-electron chi connectivity index (χ4n) is 4.89. The number of hydrogen-bond acceptors (Lipinski definition) is 2. The topological polar surface area (TPSA) is 20.3 Å². The van der Waals surface area contributed by atoms with Gasteiger partial charge in [0.1, 0.15) is 6.29 Å². The third kappa shape index (κ3) is 2.83. The minimum atomic E-state index is -0.00452. The summed E-state index contributed by atoms with van der Waals surface area (Å²) in [5.74, 6) is 0. The molecule has 0 saturated heterocycles. The SMILES string of the molecule is C=C(C=O)Cc1ccc2c(c1)C=CCN2c1ccc2c(c1)C(C)(C)c1ccccc1-2. The summed E-state index contributed by atoms with van der Waals surface area (Å²) >= 11 is 0. The van der Waals surface area contributed by atoms with E-state index in [9.17, 15) is 4.79 Å². The van der Waals surface area contributed by atoms with Gasteiger partial charge in [0.2, 0.25) is 0 Å². The molecule has 2 nitrogen and oxygen atoms in total. The van der Waals surface area contributed by atoms with E-state index >= 15 is 0 Å². The molecular weight excluding hydrogens is 366 g/mol. The van der Waals surface area contributed by atoms with Gasteiger partial charge in [0.05, 0.1) is 0 Å². The number of aldehydes is 1. The molecule has 0 fully saturated rings. The molecule has 1 heterocycles. The quantitative estimate of drug-likeness (QED) is 0.376. The van der Waals surface area contributed by atoms with Gasteiger partial charge in [-0.2, -0.15) is 0 Å². The number of carbonyl (C=O) groups excluding carboxylic acids is 1. The summed E-state index contributed by atoms with van der Waals surface area (Å²) in [6.07, 6.45) is 5.81. The van der Waals surface area contributed by atoms with Gasteiger partial charge in [-0.25, -0.2) is 0 Å². The molecule has 148 valence electrons. The number of hydrogen-bond donors (Lipinski definition) is 0. The number of allylic oxidation sites excluding steroid dienone is 1. The van der Waals surface area contributed by atoms with Crippen molar-refractivity contribution in [3.8, 4) is 11.1 Å². The molecule has 2 heteroatoms. The van der Waals surface area contributed by atoms with E-state index in [4.69, 9.17) is 0 Å². The highest BCUT2D eigenvalue weighted by atomic mass is 16.1. The van der Waals surface area contributed by atoms with Crippen LogP contribution in [0.15, 0.2) is 78.9 Å². The minimum Gasteiger partial charge on any atom is -0.337 e. The van der Waals surface area contributed by atoms with Crippen molar-refractivity contribution in [2.24, 2.45) is 0 Å². The molecule has 1 aliphatic heterocycles. The van der Waals surface area contributed by atoms with Crippen LogP contribution in [0.4, 0.5) is 11.4 Å². The molecule has 0 spiro atoms. The molecule has 2 aliphatic rings. The van der Waals surface area contributed by atoms with Crippen LogP contribution in [0, 0.1) is 0 Å². The zero-order valence-corrected chi connectivity index (χ0v) is 17.5. The normalized spacial score (nSPS) is 15.3. The van der Waals surface area contributed by atoms with E-state index in [2.05, 4.69) is 98.1 Å². The lowest BCUT2D eigenvalue weighted by atomic mass is 9.82. The van der Waals surface area contributed by atoms with Crippen LogP contribution in [-0.4, -0.2) is 12.8 Å². The van der Waals surface area contributed by atoms with Crippen LogP contribution in [-0.2, 0) is 16.6 Å². The Morgan fingerprint density at radius 2 is 1.83 bits per heavy atom. The van der Waals surface area contributed by atoms with Gasteiger partial charge in [-0.05, 0) is 63.2 Å². The smallest absolute Gasteiger partial charge is 0.145 e. The van der Waals surface area contributed by atoms with Crippen molar-refractivity contribution in [2.45, 2.75) is 25.7 Å². The first-order valence-corrected chi connectivity index (χ1v) is 10.4. The van der Waals surface area contributed by atoms with Crippen molar-refractivity contribution < 1.29 is 4.79 Å². The fourth-order valence-corrected chi connectivity index (χ4v) is 4.89. The number of anilines is 2. The van der Waals surface area contributed by atoms with Gasteiger partial charge >= 0.3 is 0 Å². The van der Waals surface area contributed by atoms with Crippen LogP contribution >= 0.6 is 0 Å². The summed E-state index contributed by atoms with van der Waals surface area (Å²) in [4.78, 5) is 13.3. The van der Waals surface area contributed by atoms with E-state index in [1.165, 1.54) is 39.2 Å². The largest absolute Gasteiger partial charge is 0.337 e. The molecule has 3 aromatic rings. The van der Waals surface area contributed by atoms with E-state index in [0.29, 0.717) is 12.0 Å². The maximum absolute atomic E-state index is 10.9. The van der Waals surface area contributed by atoms with Crippen molar-refractivity contribution >= 4 is 23.7 Å². The van der Waals surface area contributed by atoms with Gasteiger partial charge in [-0.3, -0.25) is 4.79 Å². The summed E-state index contributed by atoms with van der Waals surface area (Å²) < 4.78 is 0. The standard InChI is InChI=1S/C28H25NO/c1-19(18-30)15-20-10-13-27-21(16-20)7-6-14-29(27)22-11-12-24-23-8-4-5-9-25(23)28(2,3)26(24)17-22/h4-13,16-18H,1,14-15H2,2-3H3. The lowest BCUT2D eigenvalue weighted by molar-refractivity contribution is -0.104. The van der Waals surface area contributed by atoms with Gasteiger partial charge in [0, 0.05) is 29.8 Å². The Bertz CT molecular complexity index is 1220. The van der Waals surface area contributed by atoms with Gasteiger partial charge in [0.25, 0.3) is 0 Å². The first-order valence-electron chi connectivity index (χ1n) is 10.4. The lowest BCUT2D eigenvalue weighted by Crippen LogP contribution is -2.21. The first-order chi connectivity index (χ1) is 14.5. The molecule has 3 aromatic carbocycles. The second kappa shape index (κ2) is 6.84. The Morgan fingerprint density at radius 3 is 2.67 bits per heavy atom. The van der Waals surface area contributed by atoms with E-state index in [-0.39, 0.29) is 5.41 Å². The summed E-state index contributed by atoms with van der Waals surface area (Å²) in [5.41, 5.74) is 10.8. The van der Waals surface area contributed by atoms with E-state index in [0.717, 1.165) is 18.4 Å². The molecule has 5 rings (SSSR count). The second-order valence-corrected chi connectivity index (χ2v) is 8.76. The van der Waals surface area contributed by atoms with E-state index < -0.39 is 0 Å². The summed E-state index contributed by atoms with van der Waals surface area (Å²) in [6, 6.07) is 22.1. The van der Waals surface area contributed by atoms with Crippen molar-refractivity contribution in [1.82, 2.24) is 0 Å². The van der Waals surface area contributed by atoms with Crippen molar-refractivity contribution in [3.05, 3.63) is 101 Å². The zero-order chi connectivity index (χ0) is 20.9. The van der Waals surface area contributed by atoms with Gasteiger partial charge < -0.3 is 4.90 Å². The minimum absolute atomic E-state index is 0.00452. The average Bonchev–Trinajstić information content (AvgIpc) is 3.00. The van der Waals surface area contributed by atoms with Crippen molar-refractivity contribution in [3.63, 3.8) is 0 Å². The number of rotatable bonds is 4. The van der Waals surface area contributed by atoms with Gasteiger partial charge in [0.15, 0.2) is 0 Å². The molecule has 0 saturated carbocycles. The maximum atomic E-state index is 10.9. The van der Waals surface area contributed by atoms with Crippen LogP contribution in [0.2, 0.25) is 0 Å². The van der Waals surface area contributed by atoms with Crippen LogP contribution in [0.3, 0.4) is 0 Å². The maximum Gasteiger partial charge on any atom is 0.145 e. The molecule has 30 heavy (non-hydrogen) atoms. The Kier molecular flexibility index (Phi) is 4.25. The van der Waals surface area contributed by atoms with Crippen LogP contribution in [0.5, 0.6) is 0 Å². The summed E-state index contributed by atoms with van der Waals surface area (Å²) in [5, 5.41) is 0. The highest BCUT2D eigenvalue weighted by molar-refractivity contribution is 5.85. The van der Waals surface area contributed by atoms with Crippen LogP contribution in [0.25, 0.3) is 17.2 Å². The molecule has 0 radical (unpaired) electrons. The number of benzene rings is 3. The number of fused-ring (bicyclic) bond motifs is 4. The monoisotopic (exact) mass is 391 g/mol. The molecule has 0 atom stereocenters. The van der Waals surface area contributed by atoms with E-state index in [1.807, 2.05) is 0 Å². The van der Waals surface area contributed by atoms with E-state index in [1.54, 1.807) is 0 Å². The Morgan fingerprint density at radius 1 is 1.03 bits per heavy atom. The zero-order valence-electron chi connectivity index (χ0n) is 17.5. The fraction of sp³-hybridized carbons (Fsp3) is 0.179.